The van der Waals surface area contributed by atoms with Crippen LogP contribution in [0.4, 0.5) is 5.69 Å². The molecule has 2 atom stereocenters. The lowest BCUT2D eigenvalue weighted by molar-refractivity contribution is -0.136. The molecular formula is C22H24N6O4. The summed E-state index contributed by atoms with van der Waals surface area (Å²) in [6, 6.07) is 4.49. The molecule has 10 heteroatoms. The molecule has 10 nitrogen and oxygen atoms in total. The SMILES string of the molecule is O=C1CCC(N2C(=O)c3ccc(CNc4cnn(C5CCCNC5)c4)cc3C2=O)C(=O)N1. The standard InChI is InChI=1S/C22H24N6O4/c29-19-6-5-18(20(30)26-19)28-21(31)16-4-3-13(8-17(16)22(28)32)9-24-14-10-25-27(12-14)15-2-1-7-23-11-15/h3-4,8,10,12,15,18,23-24H,1-2,5-7,9,11H2,(H,26,29,30). The Labute approximate surface area is 184 Å². The number of amides is 4. The Hall–Kier alpha value is -3.53. The number of benzene rings is 1. The molecule has 0 saturated carbocycles. The highest BCUT2D eigenvalue weighted by Crippen LogP contribution is 2.28. The summed E-state index contributed by atoms with van der Waals surface area (Å²) in [7, 11) is 0. The molecule has 1 aromatic carbocycles. The first-order valence-corrected chi connectivity index (χ1v) is 10.8. The van der Waals surface area contributed by atoms with Gasteiger partial charge in [-0.15, -0.1) is 0 Å². The number of anilines is 1. The molecule has 0 bridgehead atoms. The monoisotopic (exact) mass is 436 g/mol. The molecule has 3 aliphatic heterocycles. The van der Waals surface area contributed by atoms with E-state index in [1.54, 1.807) is 24.4 Å². The van der Waals surface area contributed by atoms with Crippen molar-refractivity contribution in [2.45, 2.75) is 44.3 Å². The third kappa shape index (κ3) is 3.66. The number of fused-ring (bicyclic) bond motifs is 1. The van der Waals surface area contributed by atoms with Crippen molar-refractivity contribution in [2.75, 3.05) is 18.4 Å². The Balaban J connectivity index is 1.27. The number of hydrogen-bond donors (Lipinski definition) is 3. The molecule has 32 heavy (non-hydrogen) atoms. The number of carbonyl (C=O) groups excluding carboxylic acids is 4. The van der Waals surface area contributed by atoms with Gasteiger partial charge in [-0.05, 0) is 43.5 Å². The van der Waals surface area contributed by atoms with Crippen molar-refractivity contribution < 1.29 is 19.2 Å². The van der Waals surface area contributed by atoms with E-state index in [2.05, 4.69) is 21.0 Å². The van der Waals surface area contributed by atoms with E-state index >= 15 is 0 Å². The fourth-order valence-electron chi connectivity index (χ4n) is 4.52. The average Bonchev–Trinajstić information content (AvgIpc) is 3.37. The molecule has 0 radical (unpaired) electrons. The van der Waals surface area contributed by atoms with Crippen LogP contribution in [-0.4, -0.2) is 57.4 Å². The fourth-order valence-corrected chi connectivity index (χ4v) is 4.52. The Morgan fingerprint density at radius 1 is 1.09 bits per heavy atom. The molecule has 4 amide bonds. The van der Waals surface area contributed by atoms with Crippen LogP contribution in [-0.2, 0) is 16.1 Å². The second kappa shape index (κ2) is 8.19. The summed E-state index contributed by atoms with van der Waals surface area (Å²) in [5, 5.41) is 13.3. The highest BCUT2D eigenvalue weighted by atomic mass is 16.2. The molecule has 2 unspecified atom stereocenters. The number of piperidine rings is 2. The van der Waals surface area contributed by atoms with E-state index in [0.29, 0.717) is 12.6 Å². The molecule has 4 heterocycles. The van der Waals surface area contributed by atoms with Crippen molar-refractivity contribution in [3.63, 3.8) is 0 Å². The van der Waals surface area contributed by atoms with Crippen LogP contribution in [0.2, 0.25) is 0 Å². The van der Waals surface area contributed by atoms with E-state index in [1.807, 2.05) is 10.9 Å². The second-order valence-electron chi connectivity index (χ2n) is 8.39. The van der Waals surface area contributed by atoms with Gasteiger partial charge >= 0.3 is 0 Å². The van der Waals surface area contributed by atoms with Crippen LogP contribution in [0.3, 0.4) is 0 Å². The minimum atomic E-state index is -0.957. The summed E-state index contributed by atoms with van der Waals surface area (Å²) in [4.78, 5) is 50.3. The van der Waals surface area contributed by atoms with Crippen LogP contribution in [0, 0.1) is 0 Å². The van der Waals surface area contributed by atoms with Gasteiger partial charge in [0.25, 0.3) is 11.8 Å². The molecular weight excluding hydrogens is 412 g/mol. The van der Waals surface area contributed by atoms with Gasteiger partial charge in [0.1, 0.15) is 6.04 Å². The van der Waals surface area contributed by atoms with Gasteiger partial charge in [-0.3, -0.25) is 34.1 Å². The van der Waals surface area contributed by atoms with E-state index in [4.69, 9.17) is 0 Å². The summed E-state index contributed by atoms with van der Waals surface area (Å²) >= 11 is 0. The Morgan fingerprint density at radius 2 is 1.94 bits per heavy atom. The van der Waals surface area contributed by atoms with Crippen LogP contribution >= 0.6 is 0 Å². The maximum absolute atomic E-state index is 12.9. The number of hydrogen-bond acceptors (Lipinski definition) is 7. The summed E-state index contributed by atoms with van der Waals surface area (Å²) in [5.41, 5.74) is 2.27. The van der Waals surface area contributed by atoms with Crippen LogP contribution in [0.15, 0.2) is 30.6 Å². The van der Waals surface area contributed by atoms with Gasteiger partial charge in [-0.25, -0.2) is 0 Å². The Kier molecular flexibility index (Phi) is 5.22. The number of nitrogens with one attached hydrogen (secondary N) is 3. The second-order valence-corrected chi connectivity index (χ2v) is 8.39. The first-order chi connectivity index (χ1) is 15.5. The van der Waals surface area contributed by atoms with Gasteiger partial charge in [0.2, 0.25) is 11.8 Å². The van der Waals surface area contributed by atoms with E-state index in [1.165, 1.54) is 0 Å². The van der Waals surface area contributed by atoms with Gasteiger partial charge in [0.05, 0.1) is 29.1 Å². The van der Waals surface area contributed by atoms with Crippen molar-refractivity contribution in [3.8, 4) is 0 Å². The third-order valence-electron chi connectivity index (χ3n) is 6.25. The number of aromatic nitrogens is 2. The molecule has 3 N–H and O–H groups in total. The minimum Gasteiger partial charge on any atom is -0.378 e. The maximum Gasteiger partial charge on any atom is 0.262 e. The van der Waals surface area contributed by atoms with Gasteiger partial charge < -0.3 is 10.6 Å². The largest absolute Gasteiger partial charge is 0.378 e. The summed E-state index contributed by atoms with van der Waals surface area (Å²) in [6.45, 7) is 2.41. The fraction of sp³-hybridized carbons (Fsp3) is 0.409. The first kappa shape index (κ1) is 20.4. The maximum atomic E-state index is 12.9. The van der Waals surface area contributed by atoms with Gasteiger partial charge in [0, 0.05) is 25.7 Å². The smallest absolute Gasteiger partial charge is 0.262 e. The molecule has 2 fully saturated rings. The molecule has 3 aliphatic rings. The summed E-state index contributed by atoms with van der Waals surface area (Å²) < 4.78 is 1.97. The molecule has 0 spiro atoms. The zero-order valence-corrected chi connectivity index (χ0v) is 17.5. The first-order valence-electron chi connectivity index (χ1n) is 10.8. The van der Waals surface area contributed by atoms with E-state index in [0.717, 1.165) is 42.1 Å². The van der Waals surface area contributed by atoms with E-state index < -0.39 is 23.8 Å². The molecule has 2 aromatic rings. The number of rotatable bonds is 5. The molecule has 2 saturated heterocycles. The summed E-state index contributed by atoms with van der Waals surface area (Å²) in [6.07, 6.45) is 6.23. The molecule has 1 aromatic heterocycles. The minimum absolute atomic E-state index is 0.101. The lowest BCUT2D eigenvalue weighted by Crippen LogP contribution is -2.54. The normalized spacial score (nSPS) is 23.3. The Bertz CT molecular complexity index is 1100. The van der Waals surface area contributed by atoms with Gasteiger partial charge in [0.15, 0.2) is 0 Å². The van der Waals surface area contributed by atoms with Crippen molar-refractivity contribution in [2.24, 2.45) is 0 Å². The average molecular weight is 436 g/mol. The number of carbonyl (C=O) groups is 4. The zero-order valence-electron chi connectivity index (χ0n) is 17.5. The predicted octanol–water partition coefficient (Wildman–Crippen LogP) is 0.821. The van der Waals surface area contributed by atoms with Crippen molar-refractivity contribution in [1.29, 1.82) is 0 Å². The lowest BCUT2D eigenvalue weighted by atomic mass is 10.0. The van der Waals surface area contributed by atoms with Crippen LogP contribution in [0.5, 0.6) is 0 Å². The summed E-state index contributed by atoms with van der Waals surface area (Å²) in [5.74, 6) is -2.00. The lowest BCUT2D eigenvalue weighted by Gasteiger charge is -2.27. The quantitative estimate of drug-likeness (QED) is 0.593. The van der Waals surface area contributed by atoms with Crippen molar-refractivity contribution in [1.82, 2.24) is 25.3 Å². The van der Waals surface area contributed by atoms with E-state index in [-0.39, 0.29) is 29.9 Å². The predicted molar refractivity (Wildman–Crippen MR) is 114 cm³/mol. The van der Waals surface area contributed by atoms with Crippen LogP contribution in [0.25, 0.3) is 0 Å². The Morgan fingerprint density at radius 3 is 2.72 bits per heavy atom. The molecule has 0 aliphatic carbocycles. The van der Waals surface area contributed by atoms with Gasteiger partial charge in [-0.1, -0.05) is 6.07 Å². The van der Waals surface area contributed by atoms with Crippen LogP contribution < -0.4 is 16.0 Å². The highest BCUT2D eigenvalue weighted by molar-refractivity contribution is 6.23. The van der Waals surface area contributed by atoms with Gasteiger partial charge in [-0.2, -0.15) is 5.10 Å². The number of imide groups is 2. The molecule has 166 valence electrons. The third-order valence-corrected chi connectivity index (χ3v) is 6.25. The van der Waals surface area contributed by atoms with Crippen LogP contribution in [0.1, 0.15) is 58.0 Å². The van der Waals surface area contributed by atoms with Crippen molar-refractivity contribution >= 4 is 29.3 Å². The topological polar surface area (TPSA) is 125 Å². The van der Waals surface area contributed by atoms with Crippen molar-refractivity contribution in [3.05, 3.63) is 47.3 Å². The highest BCUT2D eigenvalue weighted by Gasteiger charge is 2.44. The molecule has 5 rings (SSSR count). The number of nitrogens with zero attached hydrogens (tertiary/aromatic N) is 3. The zero-order chi connectivity index (χ0) is 22.2. The van der Waals surface area contributed by atoms with E-state index in [9.17, 15) is 19.2 Å².